The number of ether oxygens (including phenoxy) is 1. The van der Waals surface area contributed by atoms with E-state index in [1.165, 1.54) is 48.3 Å². The highest BCUT2D eigenvalue weighted by atomic mass is 32.1. The molecule has 144 valence electrons. The number of carboxylic acid groups (broad SMARTS) is 1. The largest absolute Gasteiger partial charge is 0.507 e. The van der Waals surface area contributed by atoms with E-state index < -0.39 is 17.4 Å². The number of hydrogen-bond donors (Lipinski definition) is 2. The van der Waals surface area contributed by atoms with Crippen molar-refractivity contribution in [2.24, 2.45) is 7.05 Å². The van der Waals surface area contributed by atoms with Gasteiger partial charge in [-0.05, 0) is 24.6 Å². The van der Waals surface area contributed by atoms with Crippen LogP contribution in [0.25, 0.3) is 6.08 Å². The normalized spacial score (nSPS) is 11.1. The first-order valence-corrected chi connectivity index (χ1v) is 8.84. The van der Waals surface area contributed by atoms with Crippen molar-refractivity contribution in [2.75, 3.05) is 25.2 Å². The van der Waals surface area contributed by atoms with Gasteiger partial charge in [0, 0.05) is 31.3 Å². The lowest BCUT2D eigenvalue weighted by Crippen LogP contribution is -2.31. The van der Waals surface area contributed by atoms with Crippen molar-refractivity contribution in [2.45, 2.75) is 6.92 Å². The van der Waals surface area contributed by atoms with Crippen molar-refractivity contribution in [3.63, 3.8) is 0 Å². The summed E-state index contributed by atoms with van der Waals surface area (Å²) in [5.74, 6) is -0.997. The van der Waals surface area contributed by atoms with Gasteiger partial charge in [0.25, 0.3) is 5.56 Å². The summed E-state index contributed by atoms with van der Waals surface area (Å²) in [4.78, 5) is 37.0. The molecular formula is C18H20N2O6S. The first kappa shape index (κ1) is 20.4. The molecule has 1 amide bonds. The molecular weight excluding hydrogens is 372 g/mol. The summed E-state index contributed by atoms with van der Waals surface area (Å²) >= 11 is 1.21. The number of methoxy groups -OCH3 is 1. The molecule has 0 aliphatic rings. The van der Waals surface area contributed by atoms with Gasteiger partial charge in [-0.15, -0.1) is 11.3 Å². The minimum absolute atomic E-state index is 0.182. The fourth-order valence-electron chi connectivity index (χ4n) is 2.34. The third-order valence-corrected chi connectivity index (χ3v) is 4.91. The van der Waals surface area contributed by atoms with Crippen molar-refractivity contribution in [1.82, 2.24) is 4.57 Å². The number of amides is 1. The number of hydrogen-bond acceptors (Lipinski definition) is 6. The Balaban J connectivity index is 2.23. The summed E-state index contributed by atoms with van der Waals surface area (Å²) in [5, 5.41) is 21.4. The van der Waals surface area contributed by atoms with Crippen LogP contribution in [0.3, 0.4) is 0 Å². The Morgan fingerprint density at radius 2 is 2.07 bits per heavy atom. The van der Waals surface area contributed by atoms with Crippen LogP contribution < -0.4 is 10.5 Å². The number of rotatable bonds is 7. The van der Waals surface area contributed by atoms with E-state index in [4.69, 9.17) is 4.74 Å². The van der Waals surface area contributed by atoms with Gasteiger partial charge in [0.05, 0.1) is 13.2 Å². The number of pyridine rings is 1. The quantitative estimate of drug-likeness (QED) is 0.553. The molecule has 0 bridgehead atoms. The van der Waals surface area contributed by atoms with E-state index in [-0.39, 0.29) is 24.5 Å². The predicted molar refractivity (Wildman–Crippen MR) is 103 cm³/mol. The fourth-order valence-corrected chi connectivity index (χ4v) is 3.25. The molecule has 2 aromatic rings. The molecule has 0 saturated carbocycles. The molecule has 2 N–H and O–H groups in total. The van der Waals surface area contributed by atoms with E-state index in [0.29, 0.717) is 16.3 Å². The number of anilines is 1. The highest BCUT2D eigenvalue weighted by molar-refractivity contribution is 7.14. The molecule has 0 aromatic carbocycles. The molecule has 0 unspecified atom stereocenters. The van der Waals surface area contributed by atoms with Crippen molar-refractivity contribution < 1.29 is 24.5 Å². The molecule has 2 heterocycles. The van der Waals surface area contributed by atoms with Crippen LogP contribution in [0, 0.1) is 6.92 Å². The second-order valence-electron chi connectivity index (χ2n) is 5.75. The highest BCUT2D eigenvalue weighted by Crippen LogP contribution is 2.26. The van der Waals surface area contributed by atoms with Crippen LogP contribution in [-0.2, 0) is 11.8 Å². The molecule has 0 atom stereocenters. The maximum absolute atomic E-state index is 12.3. The summed E-state index contributed by atoms with van der Waals surface area (Å²) in [7, 11) is 3.00. The van der Waals surface area contributed by atoms with Crippen molar-refractivity contribution >= 4 is 34.3 Å². The molecule has 0 radical (unpaired) electrons. The molecule has 0 aliphatic heterocycles. The van der Waals surface area contributed by atoms with Crippen LogP contribution in [0.1, 0.15) is 21.6 Å². The van der Waals surface area contributed by atoms with Crippen LogP contribution in [0.2, 0.25) is 0 Å². The lowest BCUT2D eigenvalue weighted by Gasteiger charge is -2.16. The lowest BCUT2D eigenvalue weighted by molar-refractivity contribution is 0.104. The fraction of sp³-hybridized carbons (Fsp3) is 0.278. The van der Waals surface area contributed by atoms with Crippen LogP contribution in [0.5, 0.6) is 5.75 Å². The molecule has 2 rings (SSSR count). The Morgan fingerprint density at radius 3 is 2.70 bits per heavy atom. The summed E-state index contributed by atoms with van der Waals surface area (Å²) in [6.07, 6.45) is 1.54. The van der Waals surface area contributed by atoms with Gasteiger partial charge in [-0.2, -0.15) is 0 Å². The van der Waals surface area contributed by atoms with Crippen molar-refractivity contribution in [3.05, 3.63) is 50.8 Å². The molecule has 27 heavy (non-hydrogen) atoms. The lowest BCUT2D eigenvalue weighted by atomic mass is 10.1. The minimum Gasteiger partial charge on any atom is -0.507 e. The van der Waals surface area contributed by atoms with Gasteiger partial charge < -0.3 is 19.5 Å². The minimum atomic E-state index is -1.10. The number of ketones is 1. The Bertz CT molecular complexity index is 944. The van der Waals surface area contributed by atoms with Crippen molar-refractivity contribution in [1.29, 1.82) is 0 Å². The maximum atomic E-state index is 12.3. The Hall–Kier alpha value is -2.91. The second-order valence-corrected chi connectivity index (χ2v) is 6.64. The van der Waals surface area contributed by atoms with Gasteiger partial charge in [0.1, 0.15) is 16.3 Å². The number of nitrogens with zero attached hydrogens (tertiary/aromatic N) is 2. The number of allylic oxidation sites excluding steroid dienone is 1. The summed E-state index contributed by atoms with van der Waals surface area (Å²) < 4.78 is 6.19. The summed E-state index contributed by atoms with van der Waals surface area (Å²) in [5.41, 5.74) is 0.257. The average Bonchev–Trinajstić information content (AvgIpc) is 3.06. The van der Waals surface area contributed by atoms with Crippen LogP contribution >= 0.6 is 11.3 Å². The van der Waals surface area contributed by atoms with Crippen molar-refractivity contribution in [3.8, 4) is 5.75 Å². The molecule has 0 aliphatic carbocycles. The standard InChI is InChI=1S/C18H20N2O6S/c1-11-8-14(22)16(17(23)19(11)2)13(21)5-4-12-9-15(27-10-12)20(18(24)25)6-7-26-3/h4-5,8-10,22H,6-7H2,1-3H3,(H,24,25)/b5-4+. The number of aromatic nitrogens is 1. The second kappa shape index (κ2) is 8.65. The molecule has 8 nitrogen and oxygen atoms in total. The van der Waals surface area contributed by atoms with E-state index >= 15 is 0 Å². The van der Waals surface area contributed by atoms with E-state index in [1.807, 2.05) is 0 Å². The van der Waals surface area contributed by atoms with Gasteiger partial charge in [-0.1, -0.05) is 6.08 Å². The van der Waals surface area contributed by atoms with E-state index in [1.54, 1.807) is 18.4 Å². The molecule has 0 saturated heterocycles. The number of thiophene rings is 1. The van der Waals surface area contributed by atoms with Crippen LogP contribution in [0.4, 0.5) is 9.80 Å². The Morgan fingerprint density at radius 1 is 1.37 bits per heavy atom. The first-order chi connectivity index (χ1) is 12.8. The van der Waals surface area contributed by atoms with Gasteiger partial charge in [0.2, 0.25) is 0 Å². The van der Waals surface area contributed by atoms with Gasteiger partial charge in [-0.3, -0.25) is 14.5 Å². The summed E-state index contributed by atoms with van der Waals surface area (Å²) in [6.45, 7) is 2.08. The Labute approximate surface area is 159 Å². The van der Waals surface area contributed by atoms with E-state index in [2.05, 4.69) is 0 Å². The SMILES string of the molecule is COCCN(C(=O)O)c1cc(/C=C/C(=O)c2c(O)cc(C)n(C)c2=O)cs1. The highest BCUT2D eigenvalue weighted by Gasteiger charge is 2.17. The topological polar surface area (TPSA) is 109 Å². The van der Waals surface area contributed by atoms with Crippen LogP contribution in [0.15, 0.2) is 28.4 Å². The summed E-state index contributed by atoms with van der Waals surface area (Å²) in [6, 6.07) is 2.97. The maximum Gasteiger partial charge on any atom is 0.412 e. The average molecular weight is 392 g/mol. The van der Waals surface area contributed by atoms with Crippen LogP contribution in [-0.4, -0.2) is 46.9 Å². The zero-order valence-corrected chi connectivity index (χ0v) is 15.9. The van der Waals surface area contributed by atoms with Gasteiger partial charge >= 0.3 is 6.09 Å². The Kier molecular flexibility index (Phi) is 6.54. The molecule has 0 spiro atoms. The number of carbonyl (C=O) groups excluding carboxylic acids is 1. The third-order valence-electron chi connectivity index (χ3n) is 3.94. The third kappa shape index (κ3) is 4.63. The van der Waals surface area contributed by atoms with Gasteiger partial charge in [0.15, 0.2) is 5.78 Å². The monoisotopic (exact) mass is 392 g/mol. The molecule has 9 heteroatoms. The van der Waals surface area contributed by atoms with Gasteiger partial charge in [-0.25, -0.2) is 4.79 Å². The molecule has 0 fully saturated rings. The zero-order valence-electron chi connectivity index (χ0n) is 15.1. The number of aryl methyl sites for hydroxylation is 1. The zero-order chi connectivity index (χ0) is 20.1. The van der Waals surface area contributed by atoms with E-state index in [9.17, 15) is 24.6 Å². The van der Waals surface area contributed by atoms with E-state index in [0.717, 1.165) is 4.90 Å². The molecule has 2 aromatic heterocycles. The number of carbonyl (C=O) groups is 2. The first-order valence-electron chi connectivity index (χ1n) is 7.96. The number of aromatic hydroxyl groups is 1. The predicted octanol–water partition coefficient (Wildman–Crippen LogP) is 2.49. The smallest absolute Gasteiger partial charge is 0.412 e.